The van der Waals surface area contributed by atoms with Gasteiger partial charge in [-0.2, -0.15) is 0 Å². The molecule has 78 valence electrons. The van der Waals surface area contributed by atoms with Gasteiger partial charge >= 0.3 is 0 Å². The molecule has 0 saturated carbocycles. The number of methoxy groups -OCH3 is 1. The summed E-state index contributed by atoms with van der Waals surface area (Å²) in [5.74, 6) is -1.36. The van der Waals surface area contributed by atoms with Crippen LogP contribution in [0.2, 0.25) is 10.0 Å². The third-order valence-electron chi connectivity index (χ3n) is 1.49. The fourth-order valence-corrected chi connectivity index (χ4v) is 1.43. The summed E-state index contributed by atoms with van der Waals surface area (Å²) in [6.07, 6.45) is 0. The Morgan fingerprint density at radius 2 is 1.93 bits per heavy atom. The molecule has 0 aliphatic rings. The first-order chi connectivity index (χ1) is 6.49. The molecule has 0 aromatic heterocycles. The molecule has 2 nitrogen and oxygen atoms in total. The van der Waals surface area contributed by atoms with Gasteiger partial charge in [0.15, 0.2) is 11.6 Å². The van der Waals surface area contributed by atoms with Crippen LogP contribution in [0.1, 0.15) is 0 Å². The molecule has 0 amide bonds. The molecule has 1 aromatic rings. The predicted octanol–water partition coefficient (Wildman–Crippen LogP) is 3.72. The zero-order valence-electron chi connectivity index (χ0n) is 6.82. The average molecular weight is 246 g/mol. The Morgan fingerprint density at radius 3 is 2.36 bits per heavy atom. The molecule has 1 aromatic carbocycles. The van der Waals surface area contributed by atoms with Crippen LogP contribution in [-0.2, 0) is 0 Å². The monoisotopic (exact) mass is 245 g/mol. The summed E-state index contributed by atoms with van der Waals surface area (Å²) in [7, 11) is 1.17. The van der Waals surface area contributed by atoms with Gasteiger partial charge in [0.2, 0.25) is 0 Å². The van der Waals surface area contributed by atoms with Crippen LogP contribution in [0.4, 0.5) is 19.0 Å². The quantitative estimate of drug-likeness (QED) is 0.582. The Balaban J connectivity index is 3.41. The van der Waals surface area contributed by atoms with Crippen LogP contribution in [0.3, 0.4) is 0 Å². The third kappa shape index (κ3) is 1.83. The van der Waals surface area contributed by atoms with E-state index in [4.69, 9.17) is 23.2 Å². The fraction of sp³-hybridized carbons (Fsp3) is 0.143. The summed E-state index contributed by atoms with van der Waals surface area (Å²) in [5.41, 5.74) is -0.883. The first kappa shape index (κ1) is 11.3. The van der Waals surface area contributed by atoms with E-state index in [-0.39, 0.29) is 5.75 Å². The molecular weight excluding hydrogens is 242 g/mol. The SMILES string of the molecule is COc1cc(Cl)c(N(F)F)c(Cl)c1F. The maximum Gasteiger partial charge on any atom is 0.186 e. The van der Waals surface area contributed by atoms with Crippen molar-refractivity contribution in [2.24, 2.45) is 0 Å². The third-order valence-corrected chi connectivity index (χ3v) is 2.12. The molecule has 0 fully saturated rings. The Morgan fingerprint density at radius 1 is 1.36 bits per heavy atom. The number of hydrogen-bond donors (Lipinski definition) is 0. The zero-order chi connectivity index (χ0) is 10.9. The molecule has 0 heterocycles. The minimum atomic E-state index is -1.35. The molecule has 1 rings (SSSR count). The highest BCUT2D eigenvalue weighted by atomic mass is 35.5. The van der Waals surface area contributed by atoms with E-state index < -0.39 is 26.9 Å². The number of halogens is 5. The van der Waals surface area contributed by atoms with Gasteiger partial charge in [-0.15, -0.1) is 0 Å². The van der Waals surface area contributed by atoms with E-state index in [1.54, 1.807) is 0 Å². The zero-order valence-corrected chi connectivity index (χ0v) is 8.33. The highest BCUT2D eigenvalue weighted by Gasteiger charge is 2.21. The minimum Gasteiger partial charge on any atom is -0.494 e. The molecule has 0 aliphatic carbocycles. The maximum atomic E-state index is 13.1. The van der Waals surface area contributed by atoms with Crippen molar-refractivity contribution in [3.63, 3.8) is 0 Å². The molecule has 14 heavy (non-hydrogen) atoms. The van der Waals surface area contributed by atoms with E-state index >= 15 is 0 Å². The lowest BCUT2D eigenvalue weighted by atomic mass is 10.3. The lowest BCUT2D eigenvalue weighted by Gasteiger charge is -2.10. The minimum absolute atomic E-state index is 0.286. The normalized spacial score (nSPS) is 10.1. The van der Waals surface area contributed by atoms with Gasteiger partial charge in [-0.05, 0) is 5.34 Å². The predicted molar refractivity (Wildman–Crippen MR) is 47.7 cm³/mol. The van der Waals surface area contributed by atoms with Gasteiger partial charge in [0, 0.05) is 6.07 Å². The van der Waals surface area contributed by atoms with E-state index in [0.29, 0.717) is 0 Å². The highest BCUT2D eigenvalue weighted by molar-refractivity contribution is 6.39. The van der Waals surface area contributed by atoms with Crippen LogP contribution >= 0.6 is 23.2 Å². The Hall–Kier alpha value is -0.810. The summed E-state index contributed by atoms with van der Waals surface area (Å²) in [4.78, 5) is 0. The number of rotatable bonds is 2. The van der Waals surface area contributed by atoms with Crippen molar-refractivity contribution >= 4 is 28.9 Å². The standard InChI is InChI=1S/C7H4Cl2F3NO/c1-14-4-2-3(8)7(13(11)12)5(9)6(4)10/h2H,1H3. The van der Waals surface area contributed by atoms with Crippen molar-refractivity contribution < 1.29 is 18.1 Å². The van der Waals surface area contributed by atoms with Gasteiger partial charge in [0.05, 0.1) is 12.1 Å². The van der Waals surface area contributed by atoms with Gasteiger partial charge in [0.25, 0.3) is 0 Å². The van der Waals surface area contributed by atoms with Crippen molar-refractivity contribution in [1.29, 1.82) is 0 Å². The molecule has 7 heteroatoms. The van der Waals surface area contributed by atoms with E-state index in [1.165, 1.54) is 7.11 Å². The number of ether oxygens (including phenoxy) is 1. The summed E-state index contributed by atoms with van der Waals surface area (Å²) in [5, 5.41) is -2.52. The number of nitrogens with zero attached hydrogens (tertiary/aromatic N) is 1. The van der Waals surface area contributed by atoms with E-state index in [1.807, 2.05) is 0 Å². The van der Waals surface area contributed by atoms with Crippen LogP contribution in [0.25, 0.3) is 0 Å². The largest absolute Gasteiger partial charge is 0.494 e. The van der Waals surface area contributed by atoms with E-state index in [9.17, 15) is 13.4 Å². The lowest BCUT2D eigenvalue weighted by Crippen LogP contribution is -2.00. The van der Waals surface area contributed by atoms with Crippen LogP contribution in [-0.4, -0.2) is 7.11 Å². The summed E-state index contributed by atoms with van der Waals surface area (Å²) in [6, 6.07) is 0.921. The molecule has 0 saturated heterocycles. The number of benzene rings is 1. The second-order valence-electron chi connectivity index (χ2n) is 2.27. The van der Waals surface area contributed by atoms with Crippen molar-refractivity contribution in [2.75, 3.05) is 12.5 Å². The average Bonchev–Trinajstić information content (AvgIpc) is 2.10. The molecule has 0 unspecified atom stereocenters. The van der Waals surface area contributed by atoms with Crippen LogP contribution < -0.4 is 10.1 Å². The Bertz CT molecular complexity index is 359. The second kappa shape index (κ2) is 4.14. The maximum absolute atomic E-state index is 13.1. The topological polar surface area (TPSA) is 12.5 Å². The van der Waals surface area contributed by atoms with Gasteiger partial charge in [-0.1, -0.05) is 32.2 Å². The smallest absolute Gasteiger partial charge is 0.186 e. The van der Waals surface area contributed by atoms with Crippen molar-refractivity contribution in [2.45, 2.75) is 0 Å². The summed E-state index contributed by atoms with van der Waals surface area (Å²) >= 11 is 10.7. The molecular formula is C7H4Cl2F3NO. The molecule has 0 bridgehead atoms. The molecule has 0 aliphatic heterocycles. The fourth-order valence-electron chi connectivity index (χ4n) is 0.867. The summed E-state index contributed by atoms with van der Waals surface area (Å²) in [6.45, 7) is 0. The van der Waals surface area contributed by atoms with Crippen LogP contribution in [0.15, 0.2) is 6.07 Å². The second-order valence-corrected chi connectivity index (χ2v) is 3.06. The molecule has 0 spiro atoms. The van der Waals surface area contributed by atoms with Crippen LogP contribution in [0, 0.1) is 5.82 Å². The first-order valence-corrected chi connectivity index (χ1v) is 4.07. The van der Waals surface area contributed by atoms with E-state index in [2.05, 4.69) is 4.74 Å². The van der Waals surface area contributed by atoms with Gasteiger partial charge in [-0.3, -0.25) is 0 Å². The Labute approximate surface area is 87.6 Å². The first-order valence-electron chi connectivity index (χ1n) is 3.32. The summed E-state index contributed by atoms with van der Waals surface area (Å²) < 4.78 is 42.0. The van der Waals surface area contributed by atoms with Crippen molar-refractivity contribution in [3.8, 4) is 5.75 Å². The number of hydrogen-bond acceptors (Lipinski definition) is 2. The molecule has 0 atom stereocenters. The van der Waals surface area contributed by atoms with Gasteiger partial charge in [-0.25, -0.2) is 4.39 Å². The highest BCUT2D eigenvalue weighted by Crippen LogP contribution is 2.40. The van der Waals surface area contributed by atoms with Gasteiger partial charge in [0.1, 0.15) is 10.7 Å². The lowest BCUT2D eigenvalue weighted by molar-refractivity contribution is 0.234. The Kier molecular flexibility index (Phi) is 3.34. The van der Waals surface area contributed by atoms with Crippen LogP contribution in [0.5, 0.6) is 5.75 Å². The van der Waals surface area contributed by atoms with Gasteiger partial charge < -0.3 is 4.74 Å². The van der Waals surface area contributed by atoms with Crippen molar-refractivity contribution in [1.82, 2.24) is 0 Å². The number of anilines is 1. The molecule has 0 radical (unpaired) electrons. The molecule has 0 N–H and O–H groups in total. The van der Waals surface area contributed by atoms with E-state index in [0.717, 1.165) is 6.07 Å². The van der Waals surface area contributed by atoms with Crippen molar-refractivity contribution in [3.05, 3.63) is 21.9 Å².